The van der Waals surface area contributed by atoms with Gasteiger partial charge in [0.2, 0.25) is 11.8 Å². The highest BCUT2D eigenvalue weighted by Gasteiger charge is 2.40. The van der Waals surface area contributed by atoms with Crippen LogP contribution in [0.1, 0.15) is 45.4 Å². The van der Waals surface area contributed by atoms with Gasteiger partial charge in [-0.25, -0.2) is 0 Å². The number of hydrogen-bond donors (Lipinski definition) is 2. The highest BCUT2D eigenvalue weighted by molar-refractivity contribution is 5.87. The van der Waals surface area contributed by atoms with Gasteiger partial charge in [0.15, 0.2) is 0 Å². The van der Waals surface area contributed by atoms with Crippen molar-refractivity contribution in [2.75, 3.05) is 6.54 Å². The average Bonchev–Trinajstić information content (AvgIpc) is 3.14. The molecule has 0 aromatic carbocycles. The molecule has 0 radical (unpaired) electrons. The van der Waals surface area contributed by atoms with Crippen LogP contribution in [0.15, 0.2) is 12.7 Å². The fourth-order valence-electron chi connectivity index (χ4n) is 2.96. The second-order valence-corrected chi connectivity index (χ2v) is 6.07. The molecule has 0 bridgehead atoms. The Morgan fingerprint density at radius 1 is 1.32 bits per heavy atom. The number of nitrogens with one attached hydrogen (secondary N) is 2. The van der Waals surface area contributed by atoms with Crippen LogP contribution in [0.25, 0.3) is 0 Å². The first-order valence-corrected chi connectivity index (χ1v) is 7.29. The summed E-state index contributed by atoms with van der Waals surface area (Å²) >= 11 is 0. The van der Waals surface area contributed by atoms with Crippen LogP contribution < -0.4 is 10.6 Å². The van der Waals surface area contributed by atoms with Crippen molar-refractivity contribution < 1.29 is 9.59 Å². The molecule has 0 spiro atoms. The molecule has 2 N–H and O–H groups in total. The van der Waals surface area contributed by atoms with Gasteiger partial charge in [-0.05, 0) is 31.3 Å². The zero-order valence-corrected chi connectivity index (χ0v) is 11.7. The van der Waals surface area contributed by atoms with E-state index in [0.29, 0.717) is 12.5 Å². The number of rotatable bonds is 5. The van der Waals surface area contributed by atoms with Crippen molar-refractivity contribution in [3.05, 3.63) is 12.7 Å². The van der Waals surface area contributed by atoms with Crippen molar-refractivity contribution in [2.45, 2.75) is 51.0 Å². The summed E-state index contributed by atoms with van der Waals surface area (Å²) < 4.78 is 0. The Hall–Kier alpha value is -1.32. The van der Waals surface area contributed by atoms with Crippen molar-refractivity contribution in [1.29, 1.82) is 0 Å². The van der Waals surface area contributed by atoms with Gasteiger partial charge in [0.25, 0.3) is 0 Å². The molecule has 2 atom stereocenters. The van der Waals surface area contributed by atoms with E-state index in [0.717, 1.165) is 32.1 Å². The Balaban J connectivity index is 1.91. The second kappa shape index (κ2) is 5.76. The number of carbonyl (C=O) groups is 2. The summed E-state index contributed by atoms with van der Waals surface area (Å²) in [4.78, 5) is 23.5. The largest absolute Gasteiger partial charge is 0.354 e. The van der Waals surface area contributed by atoms with Crippen LogP contribution in [-0.2, 0) is 9.59 Å². The molecule has 4 heteroatoms. The zero-order chi connectivity index (χ0) is 13.9. The van der Waals surface area contributed by atoms with E-state index in [2.05, 4.69) is 24.1 Å². The zero-order valence-electron chi connectivity index (χ0n) is 11.7. The number of carbonyl (C=O) groups excluding carboxylic acids is 2. The van der Waals surface area contributed by atoms with Crippen molar-refractivity contribution in [3.63, 3.8) is 0 Å². The second-order valence-electron chi connectivity index (χ2n) is 6.07. The molecular formula is C15H24N2O2. The molecule has 2 rings (SSSR count). The first-order chi connectivity index (χ1) is 9.06. The molecule has 2 aliphatic rings. The van der Waals surface area contributed by atoms with Crippen molar-refractivity contribution in [2.24, 2.45) is 11.8 Å². The van der Waals surface area contributed by atoms with Crippen LogP contribution in [0.3, 0.4) is 0 Å². The van der Waals surface area contributed by atoms with Gasteiger partial charge in [0.05, 0.1) is 5.54 Å². The molecule has 0 saturated heterocycles. The van der Waals surface area contributed by atoms with Gasteiger partial charge in [0.1, 0.15) is 0 Å². The Morgan fingerprint density at radius 2 is 1.95 bits per heavy atom. The quantitative estimate of drug-likeness (QED) is 0.743. The van der Waals surface area contributed by atoms with Gasteiger partial charge in [-0.15, -0.1) is 0 Å². The normalized spacial score (nSPS) is 28.3. The average molecular weight is 264 g/mol. The first-order valence-electron chi connectivity index (χ1n) is 7.29. The molecule has 0 heterocycles. The van der Waals surface area contributed by atoms with Crippen molar-refractivity contribution >= 4 is 11.8 Å². The number of hydrogen-bond acceptors (Lipinski definition) is 2. The Morgan fingerprint density at radius 3 is 2.47 bits per heavy atom. The highest BCUT2D eigenvalue weighted by Crippen LogP contribution is 2.38. The molecule has 0 unspecified atom stereocenters. The van der Waals surface area contributed by atoms with Crippen LogP contribution >= 0.6 is 0 Å². The lowest BCUT2D eigenvalue weighted by atomic mass is 9.81. The monoisotopic (exact) mass is 264 g/mol. The Labute approximate surface area is 115 Å². The SMILES string of the molecule is C=CC(=O)NC1(CNC(=O)[C@@H]2C[C@H]2C)CCCCC1. The fourth-order valence-corrected chi connectivity index (χ4v) is 2.96. The summed E-state index contributed by atoms with van der Waals surface area (Å²) in [5, 5.41) is 6.06. The van der Waals surface area contributed by atoms with Gasteiger partial charge in [-0.1, -0.05) is 32.8 Å². The summed E-state index contributed by atoms with van der Waals surface area (Å²) in [6.07, 6.45) is 7.60. The van der Waals surface area contributed by atoms with Gasteiger partial charge in [-0.3, -0.25) is 9.59 Å². The standard InChI is InChI=1S/C15H24N2O2/c1-3-13(18)17-15(7-5-4-6-8-15)10-16-14(19)12-9-11(12)2/h3,11-12H,1,4-10H2,2H3,(H,16,19)(H,17,18)/t11-,12-/m1/s1. The van der Waals surface area contributed by atoms with Gasteiger partial charge in [0, 0.05) is 12.5 Å². The van der Waals surface area contributed by atoms with Crippen LogP contribution in [0, 0.1) is 11.8 Å². The van der Waals surface area contributed by atoms with Crippen LogP contribution in [0.4, 0.5) is 0 Å². The molecule has 0 aliphatic heterocycles. The summed E-state index contributed by atoms with van der Waals surface area (Å²) in [6, 6.07) is 0. The molecular weight excluding hydrogens is 240 g/mol. The van der Waals surface area contributed by atoms with E-state index >= 15 is 0 Å². The van der Waals surface area contributed by atoms with E-state index in [1.807, 2.05) is 0 Å². The van der Waals surface area contributed by atoms with E-state index in [1.54, 1.807) is 0 Å². The summed E-state index contributed by atoms with van der Waals surface area (Å²) in [5.74, 6) is 0.710. The number of amides is 2. The topological polar surface area (TPSA) is 58.2 Å². The molecule has 106 valence electrons. The van der Waals surface area contributed by atoms with E-state index in [4.69, 9.17) is 0 Å². The minimum atomic E-state index is -0.267. The molecule has 0 aromatic rings. The van der Waals surface area contributed by atoms with E-state index in [1.165, 1.54) is 12.5 Å². The third-order valence-corrected chi connectivity index (χ3v) is 4.43. The van der Waals surface area contributed by atoms with Gasteiger partial charge >= 0.3 is 0 Å². The minimum Gasteiger partial charge on any atom is -0.354 e. The summed E-state index contributed by atoms with van der Waals surface area (Å²) in [5.41, 5.74) is -0.267. The molecule has 2 aliphatic carbocycles. The van der Waals surface area contributed by atoms with Crippen LogP contribution in [0.5, 0.6) is 0 Å². The van der Waals surface area contributed by atoms with Crippen LogP contribution in [0.2, 0.25) is 0 Å². The highest BCUT2D eigenvalue weighted by atomic mass is 16.2. The third kappa shape index (κ3) is 3.58. The third-order valence-electron chi connectivity index (χ3n) is 4.43. The fraction of sp³-hybridized carbons (Fsp3) is 0.733. The molecule has 19 heavy (non-hydrogen) atoms. The molecule has 2 amide bonds. The van der Waals surface area contributed by atoms with Gasteiger partial charge < -0.3 is 10.6 Å². The molecule has 0 aromatic heterocycles. The van der Waals surface area contributed by atoms with Crippen molar-refractivity contribution in [3.8, 4) is 0 Å². The predicted molar refractivity (Wildman–Crippen MR) is 74.4 cm³/mol. The maximum Gasteiger partial charge on any atom is 0.243 e. The Bertz CT molecular complexity index is 372. The van der Waals surface area contributed by atoms with E-state index in [9.17, 15) is 9.59 Å². The first kappa shape index (κ1) is 14.1. The predicted octanol–water partition coefficient (Wildman–Crippen LogP) is 1.76. The maximum atomic E-state index is 11.9. The summed E-state index contributed by atoms with van der Waals surface area (Å²) in [7, 11) is 0. The lowest BCUT2D eigenvalue weighted by Crippen LogP contribution is -2.56. The van der Waals surface area contributed by atoms with Crippen LogP contribution in [-0.4, -0.2) is 23.9 Å². The molecule has 2 saturated carbocycles. The van der Waals surface area contributed by atoms with E-state index < -0.39 is 0 Å². The molecule has 4 nitrogen and oxygen atoms in total. The van der Waals surface area contributed by atoms with E-state index in [-0.39, 0.29) is 23.3 Å². The Kier molecular flexibility index (Phi) is 4.27. The summed E-state index contributed by atoms with van der Waals surface area (Å²) in [6.45, 7) is 6.15. The molecule has 2 fully saturated rings. The lowest BCUT2D eigenvalue weighted by Gasteiger charge is -2.38. The lowest BCUT2D eigenvalue weighted by molar-refractivity contribution is -0.124. The van der Waals surface area contributed by atoms with Crippen molar-refractivity contribution in [1.82, 2.24) is 10.6 Å². The minimum absolute atomic E-state index is 0.143. The smallest absolute Gasteiger partial charge is 0.243 e. The van der Waals surface area contributed by atoms with Gasteiger partial charge in [-0.2, -0.15) is 0 Å². The maximum absolute atomic E-state index is 11.9.